The number of carbonyl (C=O) groups is 1. The van der Waals surface area contributed by atoms with E-state index in [4.69, 9.17) is 4.74 Å². The molecule has 1 fully saturated rings. The topological polar surface area (TPSA) is 62.1 Å². The largest absolute Gasteiger partial charge is 0.504 e. The number of carbonyl (C=O) groups excluding carboxylic acids is 1. The number of aromatic hydroxyl groups is 1. The highest BCUT2D eigenvalue weighted by Gasteiger charge is 2.30. The number of benzene rings is 1. The van der Waals surface area contributed by atoms with Crippen LogP contribution in [0.2, 0.25) is 0 Å². The molecule has 1 amide bonds. The Morgan fingerprint density at radius 2 is 2.26 bits per heavy atom. The number of amides is 1. The van der Waals surface area contributed by atoms with Crippen LogP contribution in [-0.2, 0) is 0 Å². The molecule has 0 saturated carbocycles. The van der Waals surface area contributed by atoms with Gasteiger partial charge in [0.2, 0.25) is 0 Å². The summed E-state index contributed by atoms with van der Waals surface area (Å²) >= 11 is 0. The van der Waals surface area contributed by atoms with Crippen LogP contribution in [0.1, 0.15) is 29.6 Å². The van der Waals surface area contributed by atoms with E-state index in [1.54, 1.807) is 6.07 Å². The number of aliphatic imine (C=N–C) groups is 1. The third-order valence-corrected chi connectivity index (χ3v) is 3.72. The summed E-state index contributed by atoms with van der Waals surface area (Å²) in [6.45, 7) is 0.762. The van der Waals surface area contributed by atoms with E-state index in [0.717, 1.165) is 25.8 Å². The Kier molecular flexibility index (Phi) is 2.89. The highest BCUT2D eigenvalue weighted by Crippen LogP contribution is 2.36. The predicted octanol–water partition coefficient (Wildman–Crippen LogP) is 2.11. The van der Waals surface area contributed by atoms with Gasteiger partial charge >= 0.3 is 0 Å². The van der Waals surface area contributed by atoms with Crippen LogP contribution in [0.3, 0.4) is 0 Å². The molecule has 1 N–H and O–H groups in total. The van der Waals surface area contributed by atoms with Gasteiger partial charge < -0.3 is 14.7 Å². The van der Waals surface area contributed by atoms with E-state index in [9.17, 15) is 9.90 Å². The molecule has 1 unspecified atom stereocenters. The summed E-state index contributed by atoms with van der Waals surface area (Å²) in [4.78, 5) is 18.8. The summed E-state index contributed by atoms with van der Waals surface area (Å²) in [5.74, 6) is 0.277. The van der Waals surface area contributed by atoms with Gasteiger partial charge in [-0.25, -0.2) is 0 Å². The minimum atomic E-state index is -0.0319. The minimum absolute atomic E-state index is 0.00562. The van der Waals surface area contributed by atoms with E-state index in [1.165, 1.54) is 13.2 Å². The first kappa shape index (κ1) is 12.0. The summed E-state index contributed by atoms with van der Waals surface area (Å²) < 4.78 is 5.06. The molecular weight excluding hydrogens is 244 g/mol. The van der Waals surface area contributed by atoms with Gasteiger partial charge in [0.25, 0.3) is 5.91 Å². The van der Waals surface area contributed by atoms with Crippen molar-refractivity contribution in [2.75, 3.05) is 13.7 Å². The van der Waals surface area contributed by atoms with Gasteiger partial charge in [-0.05, 0) is 25.3 Å². The van der Waals surface area contributed by atoms with E-state index in [2.05, 4.69) is 4.99 Å². The summed E-state index contributed by atoms with van der Waals surface area (Å²) in [7, 11) is 1.47. The molecule has 1 aromatic carbocycles. The smallest absolute Gasteiger partial charge is 0.256 e. The molecule has 1 saturated heterocycles. The molecule has 1 atom stereocenters. The standard InChI is InChI=1S/C14H16N2O3/c1-19-13-6-10-11(7-12(13)17)15-8-9-4-2-3-5-16(9)14(10)18/h6-9,17H,2-5H2,1H3. The van der Waals surface area contributed by atoms with E-state index in [0.29, 0.717) is 17.0 Å². The Morgan fingerprint density at radius 1 is 1.42 bits per heavy atom. The van der Waals surface area contributed by atoms with Crippen LogP contribution in [0, 0.1) is 0 Å². The molecule has 0 aromatic heterocycles. The SMILES string of the molecule is COc1cc2c(cc1O)N=CC1CCCCN1C2=O. The zero-order chi connectivity index (χ0) is 13.4. The van der Waals surface area contributed by atoms with Gasteiger partial charge in [-0.1, -0.05) is 0 Å². The van der Waals surface area contributed by atoms with Crippen LogP contribution < -0.4 is 4.74 Å². The fourth-order valence-corrected chi connectivity index (χ4v) is 2.68. The van der Waals surface area contributed by atoms with Crippen LogP contribution in [0.25, 0.3) is 0 Å². The molecular formula is C14H16N2O3. The molecule has 0 spiro atoms. The third-order valence-electron chi connectivity index (χ3n) is 3.72. The lowest BCUT2D eigenvalue weighted by atomic mass is 10.0. The number of methoxy groups -OCH3 is 1. The Balaban J connectivity index is 2.09. The number of phenols is 1. The Labute approximate surface area is 111 Å². The van der Waals surface area contributed by atoms with E-state index >= 15 is 0 Å². The number of fused-ring (bicyclic) bond motifs is 2. The van der Waals surface area contributed by atoms with Gasteiger partial charge in [0, 0.05) is 18.8 Å². The van der Waals surface area contributed by atoms with Gasteiger partial charge in [0.15, 0.2) is 11.5 Å². The van der Waals surface area contributed by atoms with E-state index in [1.807, 2.05) is 11.1 Å². The molecule has 0 radical (unpaired) electrons. The number of rotatable bonds is 1. The van der Waals surface area contributed by atoms with Gasteiger partial charge in [0.05, 0.1) is 24.4 Å². The molecule has 2 aliphatic heterocycles. The molecule has 0 aliphatic carbocycles. The predicted molar refractivity (Wildman–Crippen MR) is 71.5 cm³/mol. The first-order chi connectivity index (χ1) is 9.20. The fourth-order valence-electron chi connectivity index (χ4n) is 2.68. The average molecular weight is 260 g/mol. The van der Waals surface area contributed by atoms with Crippen LogP contribution in [0.15, 0.2) is 17.1 Å². The maximum atomic E-state index is 12.6. The molecule has 5 nitrogen and oxygen atoms in total. The highest BCUT2D eigenvalue weighted by atomic mass is 16.5. The fraction of sp³-hybridized carbons (Fsp3) is 0.429. The summed E-state index contributed by atoms with van der Waals surface area (Å²) in [6, 6.07) is 3.13. The third kappa shape index (κ3) is 1.95. The number of phenolic OH excluding ortho intramolecular Hbond substituents is 1. The van der Waals surface area contributed by atoms with Crippen molar-refractivity contribution in [1.29, 1.82) is 0 Å². The molecule has 19 heavy (non-hydrogen) atoms. The molecule has 2 aliphatic rings. The molecule has 2 heterocycles. The lowest BCUT2D eigenvalue weighted by Crippen LogP contribution is -2.43. The maximum Gasteiger partial charge on any atom is 0.256 e. The maximum absolute atomic E-state index is 12.6. The zero-order valence-corrected chi connectivity index (χ0v) is 10.8. The normalized spacial score (nSPS) is 21.6. The second-order valence-corrected chi connectivity index (χ2v) is 4.88. The Morgan fingerprint density at radius 3 is 3.05 bits per heavy atom. The number of hydrogen-bond acceptors (Lipinski definition) is 4. The van der Waals surface area contributed by atoms with Gasteiger partial charge in [-0.3, -0.25) is 9.79 Å². The second kappa shape index (κ2) is 4.57. The zero-order valence-electron chi connectivity index (χ0n) is 10.8. The summed E-state index contributed by atoms with van der Waals surface area (Å²) in [5, 5.41) is 9.78. The highest BCUT2D eigenvalue weighted by molar-refractivity contribution is 6.03. The molecule has 1 aromatic rings. The summed E-state index contributed by atoms with van der Waals surface area (Å²) in [5.41, 5.74) is 1.01. The number of nitrogens with zero attached hydrogens (tertiary/aromatic N) is 2. The number of ether oxygens (including phenoxy) is 1. The number of piperidine rings is 1. The van der Waals surface area contributed by atoms with Crippen molar-refractivity contribution in [1.82, 2.24) is 4.90 Å². The second-order valence-electron chi connectivity index (χ2n) is 4.88. The van der Waals surface area contributed by atoms with Gasteiger partial charge in [0.1, 0.15) is 0 Å². The van der Waals surface area contributed by atoms with Crippen molar-refractivity contribution >= 4 is 17.8 Å². The van der Waals surface area contributed by atoms with Crippen molar-refractivity contribution in [2.45, 2.75) is 25.3 Å². The molecule has 0 bridgehead atoms. The van der Waals surface area contributed by atoms with Crippen molar-refractivity contribution in [3.05, 3.63) is 17.7 Å². The van der Waals surface area contributed by atoms with Crippen LogP contribution >= 0.6 is 0 Å². The summed E-state index contributed by atoms with van der Waals surface area (Å²) in [6.07, 6.45) is 4.91. The first-order valence-corrected chi connectivity index (χ1v) is 6.47. The first-order valence-electron chi connectivity index (χ1n) is 6.47. The quantitative estimate of drug-likeness (QED) is 0.841. The number of hydrogen-bond donors (Lipinski definition) is 1. The van der Waals surface area contributed by atoms with Crippen LogP contribution in [0.4, 0.5) is 5.69 Å². The van der Waals surface area contributed by atoms with Gasteiger partial charge in [-0.15, -0.1) is 0 Å². The monoisotopic (exact) mass is 260 g/mol. The van der Waals surface area contributed by atoms with Crippen LogP contribution in [-0.4, -0.2) is 41.8 Å². The lowest BCUT2D eigenvalue weighted by molar-refractivity contribution is 0.0688. The van der Waals surface area contributed by atoms with Gasteiger partial charge in [-0.2, -0.15) is 0 Å². The van der Waals surface area contributed by atoms with Crippen molar-refractivity contribution in [3.8, 4) is 11.5 Å². The molecule has 5 heteroatoms. The van der Waals surface area contributed by atoms with Crippen LogP contribution in [0.5, 0.6) is 11.5 Å². The molecule has 100 valence electrons. The minimum Gasteiger partial charge on any atom is -0.504 e. The van der Waals surface area contributed by atoms with E-state index in [-0.39, 0.29) is 17.7 Å². The lowest BCUT2D eigenvalue weighted by Gasteiger charge is -2.32. The van der Waals surface area contributed by atoms with Crippen molar-refractivity contribution < 1.29 is 14.6 Å². The van der Waals surface area contributed by atoms with E-state index < -0.39 is 0 Å². The average Bonchev–Trinajstić information content (AvgIpc) is 2.57. The van der Waals surface area contributed by atoms with Crippen molar-refractivity contribution in [3.63, 3.8) is 0 Å². The Hall–Kier alpha value is -2.04. The van der Waals surface area contributed by atoms with Crippen molar-refractivity contribution in [2.24, 2.45) is 4.99 Å². The Bertz CT molecular complexity index is 554. The molecule has 3 rings (SSSR count).